The molecule has 3 aromatic carbocycles. The van der Waals surface area contributed by atoms with Gasteiger partial charge in [0.05, 0.1) is 4.91 Å². The minimum Gasteiger partial charge on any atom is -0.490 e. The number of rotatable bonds is 8. The van der Waals surface area contributed by atoms with Gasteiger partial charge in [-0.3, -0.25) is 15.0 Å². The predicted molar refractivity (Wildman–Crippen MR) is 133 cm³/mol. The number of thiocarbonyl (C=S) groups is 1. The minimum atomic E-state index is -0.407. The Morgan fingerprint density at radius 1 is 0.909 bits per heavy atom. The number of benzene rings is 3. The van der Waals surface area contributed by atoms with Crippen LogP contribution in [0.1, 0.15) is 15.9 Å². The molecule has 4 rings (SSSR count). The number of carbonyl (C=O) groups excluding carboxylic acids is 2. The van der Waals surface area contributed by atoms with E-state index in [0.29, 0.717) is 29.4 Å². The third-order valence-electron chi connectivity index (χ3n) is 4.60. The van der Waals surface area contributed by atoms with Crippen LogP contribution in [-0.4, -0.2) is 34.4 Å². The zero-order chi connectivity index (χ0) is 23.0. The van der Waals surface area contributed by atoms with Crippen molar-refractivity contribution in [2.45, 2.75) is 0 Å². The number of para-hydroxylation sites is 2. The smallest absolute Gasteiger partial charge is 0.285 e. The van der Waals surface area contributed by atoms with Crippen LogP contribution in [0.4, 0.5) is 0 Å². The van der Waals surface area contributed by atoms with E-state index in [1.54, 1.807) is 30.3 Å². The lowest BCUT2D eigenvalue weighted by Gasteiger charge is -2.15. The monoisotopic (exact) mass is 476 g/mol. The van der Waals surface area contributed by atoms with Crippen LogP contribution >= 0.6 is 24.0 Å². The van der Waals surface area contributed by atoms with Gasteiger partial charge in [-0.2, -0.15) is 5.01 Å². The summed E-state index contributed by atoms with van der Waals surface area (Å²) >= 11 is 6.43. The summed E-state index contributed by atoms with van der Waals surface area (Å²) in [6.07, 6.45) is 1.71. The lowest BCUT2D eigenvalue weighted by molar-refractivity contribution is -0.123. The highest BCUT2D eigenvalue weighted by Gasteiger charge is 2.34. The quantitative estimate of drug-likeness (QED) is 0.289. The zero-order valence-electron chi connectivity index (χ0n) is 17.5. The van der Waals surface area contributed by atoms with Crippen LogP contribution in [0.25, 0.3) is 6.08 Å². The largest absolute Gasteiger partial charge is 0.490 e. The van der Waals surface area contributed by atoms with Crippen molar-refractivity contribution in [2.75, 3.05) is 13.2 Å². The molecule has 0 spiro atoms. The molecule has 0 saturated carbocycles. The summed E-state index contributed by atoms with van der Waals surface area (Å²) in [7, 11) is 0. The molecule has 1 heterocycles. The first-order valence-electron chi connectivity index (χ1n) is 10.2. The summed E-state index contributed by atoms with van der Waals surface area (Å²) in [6.45, 7) is 0.722. The first-order chi connectivity index (χ1) is 16.1. The average Bonchev–Trinajstić information content (AvgIpc) is 3.11. The SMILES string of the molecule is O=C(NN1C(=O)C(=Cc2ccccc2OCCOc2ccccc2)SC1=S)c1ccccc1. The van der Waals surface area contributed by atoms with E-state index in [2.05, 4.69) is 5.43 Å². The second-order valence-corrected chi connectivity index (χ2v) is 8.55. The molecular weight excluding hydrogens is 456 g/mol. The Bertz CT molecular complexity index is 1180. The number of ether oxygens (including phenoxy) is 2. The molecule has 1 N–H and O–H groups in total. The van der Waals surface area contributed by atoms with Gasteiger partial charge in [0.15, 0.2) is 4.32 Å². The van der Waals surface area contributed by atoms with Crippen LogP contribution in [0.3, 0.4) is 0 Å². The van der Waals surface area contributed by atoms with Crippen molar-refractivity contribution < 1.29 is 19.1 Å². The van der Waals surface area contributed by atoms with Crippen LogP contribution in [0.5, 0.6) is 11.5 Å². The van der Waals surface area contributed by atoms with Crippen molar-refractivity contribution in [3.05, 3.63) is 101 Å². The highest BCUT2D eigenvalue weighted by molar-refractivity contribution is 8.26. The molecule has 0 aromatic heterocycles. The van der Waals surface area contributed by atoms with Gasteiger partial charge in [0, 0.05) is 11.1 Å². The van der Waals surface area contributed by atoms with Gasteiger partial charge in [0.2, 0.25) is 0 Å². The maximum Gasteiger partial charge on any atom is 0.285 e. The summed E-state index contributed by atoms with van der Waals surface area (Å²) in [5, 5.41) is 1.10. The van der Waals surface area contributed by atoms with Gasteiger partial charge < -0.3 is 9.47 Å². The topological polar surface area (TPSA) is 67.9 Å². The van der Waals surface area contributed by atoms with Crippen molar-refractivity contribution in [1.29, 1.82) is 0 Å². The average molecular weight is 477 g/mol. The normalized spacial score (nSPS) is 14.4. The fraction of sp³-hybridized carbons (Fsp3) is 0.0800. The molecule has 2 amide bonds. The Kier molecular flexibility index (Phi) is 7.39. The van der Waals surface area contributed by atoms with Gasteiger partial charge in [-0.1, -0.05) is 66.4 Å². The first-order valence-corrected chi connectivity index (χ1v) is 11.4. The number of hydrazine groups is 1. The number of hydrogen-bond donors (Lipinski definition) is 1. The third kappa shape index (κ3) is 5.79. The van der Waals surface area contributed by atoms with E-state index in [0.717, 1.165) is 28.1 Å². The van der Waals surface area contributed by atoms with E-state index in [-0.39, 0.29) is 4.32 Å². The number of carbonyl (C=O) groups is 2. The van der Waals surface area contributed by atoms with Gasteiger partial charge in [-0.15, -0.1) is 0 Å². The van der Waals surface area contributed by atoms with Crippen molar-refractivity contribution >= 4 is 46.2 Å². The van der Waals surface area contributed by atoms with E-state index in [1.165, 1.54) is 0 Å². The van der Waals surface area contributed by atoms with Gasteiger partial charge in [-0.05, 0) is 48.6 Å². The highest BCUT2D eigenvalue weighted by atomic mass is 32.2. The van der Waals surface area contributed by atoms with Crippen LogP contribution in [0, 0.1) is 0 Å². The van der Waals surface area contributed by atoms with Crippen molar-refractivity contribution in [3.63, 3.8) is 0 Å². The second kappa shape index (κ2) is 10.8. The van der Waals surface area contributed by atoms with Gasteiger partial charge >= 0.3 is 0 Å². The van der Waals surface area contributed by atoms with E-state index in [4.69, 9.17) is 21.7 Å². The highest BCUT2D eigenvalue weighted by Crippen LogP contribution is 2.33. The standard InChI is InChI=1S/C25H20N2O4S2/c28-23(18-9-3-1-4-10-18)26-27-24(29)22(33-25(27)32)17-19-11-7-8-14-21(19)31-16-15-30-20-12-5-2-6-13-20/h1-14,17H,15-16H2,(H,26,28). The molecule has 0 atom stereocenters. The van der Waals surface area contributed by atoms with E-state index >= 15 is 0 Å². The second-order valence-electron chi connectivity index (χ2n) is 6.87. The molecule has 0 unspecified atom stereocenters. The summed E-state index contributed by atoms with van der Waals surface area (Å²) in [4.78, 5) is 25.7. The predicted octanol–water partition coefficient (Wildman–Crippen LogP) is 4.69. The fourth-order valence-corrected chi connectivity index (χ4v) is 4.19. The van der Waals surface area contributed by atoms with Crippen LogP contribution in [-0.2, 0) is 4.79 Å². The Labute approximate surface area is 201 Å². The molecule has 166 valence electrons. The number of amides is 2. The number of hydrogen-bond acceptors (Lipinski definition) is 6. The number of thioether (sulfide) groups is 1. The Balaban J connectivity index is 1.40. The number of nitrogens with zero attached hydrogens (tertiary/aromatic N) is 1. The zero-order valence-corrected chi connectivity index (χ0v) is 19.1. The molecule has 3 aromatic rings. The molecule has 1 fully saturated rings. The lowest BCUT2D eigenvalue weighted by Crippen LogP contribution is -2.44. The maximum absolute atomic E-state index is 12.9. The van der Waals surface area contributed by atoms with Crippen molar-refractivity contribution in [2.24, 2.45) is 0 Å². The lowest BCUT2D eigenvalue weighted by atomic mass is 10.2. The molecular formula is C25H20N2O4S2. The van der Waals surface area contributed by atoms with E-state index in [9.17, 15) is 9.59 Å². The molecule has 0 bridgehead atoms. The van der Waals surface area contributed by atoms with Crippen molar-refractivity contribution in [1.82, 2.24) is 10.4 Å². The van der Waals surface area contributed by atoms with Crippen LogP contribution < -0.4 is 14.9 Å². The third-order valence-corrected chi connectivity index (χ3v) is 5.90. The van der Waals surface area contributed by atoms with Gasteiger partial charge in [0.25, 0.3) is 11.8 Å². The summed E-state index contributed by atoms with van der Waals surface area (Å²) in [5.74, 6) is 0.593. The molecule has 1 aliphatic rings. The number of nitrogens with one attached hydrogen (secondary N) is 1. The van der Waals surface area contributed by atoms with Gasteiger partial charge in [0.1, 0.15) is 24.7 Å². The minimum absolute atomic E-state index is 0.255. The van der Waals surface area contributed by atoms with Gasteiger partial charge in [-0.25, -0.2) is 0 Å². The molecule has 33 heavy (non-hydrogen) atoms. The molecule has 8 heteroatoms. The fourth-order valence-electron chi connectivity index (χ4n) is 3.02. The van der Waals surface area contributed by atoms with E-state index in [1.807, 2.05) is 60.7 Å². The van der Waals surface area contributed by atoms with Crippen molar-refractivity contribution in [3.8, 4) is 11.5 Å². The van der Waals surface area contributed by atoms with Crippen LogP contribution in [0.2, 0.25) is 0 Å². The molecule has 0 radical (unpaired) electrons. The molecule has 0 aliphatic carbocycles. The maximum atomic E-state index is 12.9. The summed E-state index contributed by atoms with van der Waals surface area (Å²) in [6, 6.07) is 25.5. The molecule has 6 nitrogen and oxygen atoms in total. The van der Waals surface area contributed by atoms with Crippen LogP contribution in [0.15, 0.2) is 89.8 Å². The summed E-state index contributed by atoms with van der Waals surface area (Å²) in [5.41, 5.74) is 3.74. The Hall–Kier alpha value is -3.62. The van der Waals surface area contributed by atoms with E-state index < -0.39 is 11.8 Å². The molecule has 1 aliphatic heterocycles. The molecule has 1 saturated heterocycles. The Morgan fingerprint density at radius 2 is 1.55 bits per heavy atom. The summed E-state index contributed by atoms with van der Waals surface area (Å²) < 4.78 is 11.8. The first kappa shape index (κ1) is 22.6. The Morgan fingerprint density at radius 3 is 2.30 bits per heavy atom.